The van der Waals surface area contributed by atoms with Gasteiger partial charge in [0.25, 0.3) is 5.91 Å². The van der Waals surface area contributed by atoms with Crippen LogP contribution in [0.1, 0.15) is 16.1 Å². The van der Waals surface area contributed by atoms with E-state index in [0.717, 1.165) is 11.4 Å². The maximum absolute atomic E-state index is 12.6. The molecule has 2 amide bonds. The Morgan fingerprint density at radius 1 is 1.25 bits per heavy atom. The second-order valence-corrected chi connectivity index (χ2v) is 4.72. The van der Waals surface area contributed by atoms with E-state index in [2.05, 4.69) is 5.32 Å². The van der Waals surface area contributed by atoms with Crippen LogP contribution in [0.2, 0.25) is 0 Å². The highest BCUT2D eigenvalue weighted by molar-refractivity contribution is 6.00. The number of carbonyl (C=O) groups is 2. The van der Waals surface area contributed by atoms with Crippen LogP contribution < -0.4 is 5.32 Å². The van der Waals surface area contributed by atoms with Gasteiger partial charge in [0.05, 0.1) is 17.8 Å². The highest BCUT2D eigenvalue weighted by Gasteiger charge is 2.26. The monoisotopic (exact) mass is 269 g/mol. The molecule has 1 aromatic carbocycles. The normalized spacial score (nSPS) is 13.4. The smallest absolute Gasteiger partial charge is 0.256 e. The van der Waals surface area contributed by atoms with Crippen molar-refractivity contribution in [3.8, 4) is 5.69 Å². The van der Waals surface area contributed by atoms with Crippen LogP contribution in [-0.4, -0.2) is 34.9 Å². The minimum absolute atomic E-state index is 0.0643. The van der Waals surface area contributed by atoms with E-state index in [1.54, 1.807) is 18.0 Å². The molecule has 1 aliphatic rings. The number of rotatable bonds is 2. The Hall–Kier alpha value is -2.56. The van der Waals surface area contributed by atoms with Crippen molar-refractivity contribution < 1.29 is 9.59 Å². The fourth-order valence-electron chi connectivity index (χ4n) is 2.46. The van der Waals surface area contributed by atoms with Gasteiger partial charge >= 0.3 is 0 Å². The molecule has 5 nitrogen and oxygen atoms in total. The van der Waals surface area contributed by atoms with Crippen molar-refractivity contribution in [2.75, 3.05) is 13.6 Å². The third-order valence-electron chi connectivity index (χ3n) is 3.48. The molecular formula is C15H15N3O2. The molecular weight excluding hydrogens is 254 g/mol. The maximum atomic E-state index is 12.6. The maximum Gasteiger partial charge on any atom is 0.256 e. The van der Waals surface area contributed by atoms with Crippen molar-refractivity contribution in [3.63, 3.8) is 0 Å². The Labute approximate surface area is 116 Å². The van der Waals surface area contributed by atoms with Crippen LogP contribution >= 0.6 is 0 Å². The van der Waals surface area contributed by atoms with Gasteiger partial charge in [0, 0.05) is 18.9 Å². The van der Waals surface area contributed by atoms with Gasteiger partial charge in [0.2, 0.25) is 5.91 Å². The van der Waals surface area contributed by atoms with E-state index in [4.69, 9.17) is 0 Å². The summed E-state index contributed by atoms with van der Waals surface area (Å²) in [5.74, 6) is -0.288. The summed E-state index contributed by atoms with van der Waals surface area (Å²) in [5.41, 5.74) is 2.47. The lowest BCUT2D eigenvalue weighted by molar-refractivity contribution is -0.121. The predicted molar refractivity (Wildman–Crippen MR) is 74.6 cm³/mol. The molecule has 0 aliphatic carbocycles. The Bertz CT molecular complexity index is 675. The number of amides is 2. The summed E-state index contributed by atoms with van der Waals surface area (Å²) in [6.07, 6.45) is 1.94. The number of hydrogen-bond acceptors (Lipinski definition) is 2. The van der Waals surface area contributed by atoms with Gasteiger partial charge in [-0.2, -0.15) is 0 Å². The minimum Gasteiger partial charge on any atom is -0.358 e. The molecule has 0 fully saturated rings. The SMILES string of the molecule is CNC(=O)CN1Cc2cccn2-c2ccccc2C1=O. The first-order valence-electron chi connectivity index (χ1n) is 6.46. The van der Waals surface area contributed by atoms with Gasteiger partial charge in [0.1, 0.15) is 6.54 Å². The van der Waals surface area contributed by atoms with E-state index in [1.165, 1.54) is 0 Å². The van der Waals surface area contributed by atoms with Crippen LogP contribution in [0.25, 0.3) is 5.69 Å². The number of nitrogens with zero attached hydrogens (tertiary/aromatic N) is 2. The second kappa shape index (κ2) is 4.85. The summed E-state index contributed by atoms with van der Waals surface area (Å²) in [6, 6.07) is 11.4. The largest absolute Gasteiger partial charge is 0.358 e. The minimum atomic E-state index is -0.171. The number of benzene rings is 1. The molecule has 0 radical (unpaired) electrons. The van der Waals surface area contributed by atoms with Crippen molar-refractivity contribution in [1.29, 1.82) is 0 Å². The first-order chi connectivity index (χ1) is 9.70. The third-order valence-corrected chi connectivity index (χ3v) is 3.48. The van der Waals surface area contributed by atoms with E-state index in [9.17, 15) is 9.59 Å². The number of nitrogens with one attached hydrogen (secondary N) is 1. The molecule has 1 aromatic heterocycles. The first-order valence-corrected chi connectivity index (χ1v) is 6.46. The van der Waals surface area contributed by atoms with Crippen LogP contribution in [0.4, 0.5) is 0 Å². The number of para-hydroxylation sites is 1. The number of aromatic nitrogens is 1. The van der Waals surface area contributed by atoms with Crippen LogP contribution in [0.5, 0.6) is 0 Å². The topological polar surface area (TPSA) is 54.3 Å². The van der Waals surface area contributed by atoms with Crippen molar-refractivity contribution in [2.45, 2.75) is 6.54 Å². The lowest BCUT2D eigenvalue weighted by Gasteiger charge is -2.19. The first kappa shape index (κ1) is 12.5. The van der Waals surface area contributed by atoms with E-state index in [1.807, 2.05) is 41.1 Å². The molecule has 0 bridgehead atoms. The molecule has 0 spiro atoms. The summed E-state index contributed by atoms with van der Waals surface area (Å²) in [5, 5.41) is 2.56. The zero-order valence-electron chi connectivity index (χ0n) is 11.2. The lowest BCUT2D eigenvalue weighted by Crippen LogP contribution is -2.38. The molecule has 5 heteroatoms. The van der Waals surface area contributed by atoms with E-state index in [0.29, 0.717) is 12.1 Å². The Morgan fingerprint density at radius 3 is 2.85 bits per heavy atom. The van der Waals surface area contributed by atoms with Gasteiger partial charge in [-0.05, 0) is 24.3 Å². The van der Waals surface area contributed by atoms with Gasteiger partial charge < -0.3 is 14.8 Å². The summed E-state index contributed by atoms with van der Waals surface area (Å²) in [6.45, 7) is 0.489. The molecule has 0 atom stereocenters. The van der Waals surface area contributed by atoms with Gasteiger partial charge in [0.15, 0.2) is 0 Å². The number of fused-ring (bicyclic) bond motifs is 3. The molecule has 2 heterocycles. The Morgan fingerprint density at radius 2 is 2.05 bits per heavy atom. The van der Waals surface area contributed by atoms with Crippen LogP contribution in [0, 0.1) is 0 Å². The summed E-state index contributed by atoms with van der Waals surface area (Å²) in [7, 11) is 1.57. The summed E-state index contributed by atoms with van der Waals surface area (Å²) < 4.78 is 2.00. The lowest BCUT2D eigenvalue weighted by atomic mass is 10.1. The van der Waals surface area contributed by atoms with Crippen LogP contribution in [-0.2, 0) is 11.3 Å². The molecule has 1 aliphatic heterocycles. The average Bonchev–Trinajstić information content (AvgIpc) is 2.90. The fraction of sp³-hybridized carbons (Fsp3) is 0.200. The Balaban J connectivity index is 2.08. The highest BCUT2D eigenvalue weighted by atomic mass is 16.2. The number of carbonyl (C=O) groups excluding carboxylic acids is 2. The second-order valence-electron chi connectivity index (χ2n) is 4.72. The zero-order valence-corrected chi connectivity index (χ0v) is 11.2. The van der Waals surface area contributed by atoms with Gasteiger partial charge in [-0.1, -0.05) is 12.1 Å². The van der Waals surface area contributed by atoms with Crippen molar-refractivity contribution in [3.05, 3.63) is 53.9 Å². The molecule has 0 saturated carbocycles. The van der Waals surface area contributed by atoms with E-state index >= 15 is 0 Å². The van der Waals surface area contributed by atoms with Crippen LogP contribution in [0.15, 0.2) is 42.6 Å². The molecule has 102 valence electrons. The molecule has 3 rings (SSSR count). The van der Waals surface area contributed by atoms with Gasteiger partial charge in [-0.25, -0.2) is 0 Å². The summed E-state index contributed by atoms with van der Waals surface area (Å²) in [4.78, 5) is 25.7. The van der Waals surface area contributed by atoms with E-state index < -0.39 is 0 Å². The molecule has 0 saturated heterocycles. The standard InChI is InChI=1S/C15H15N3O2/c1-16-14(19)10-17-9-11-5-4-8-18(11)13-7-3-2-6-12(13)15(17)20/h2-8H,9-10H2,1H3,(H,16,19). The van der Waals surface area contributed by atoms with E-state index in [-0.39, 0.29) is 18.4 Å². The number of hydrogen-bond donors (Lipinski definition) is 1. The van der Waals surface area contributed by atoms with Gasteiger partial charge in [-0.15, -0.1) is 0 Å². The van der Waals surface area contributed by atoms with Crippen molar-refractivity contribution >= 4 is 11.8 Å². The highest BCUT2D eigenvalue weighted by Crippen LogP contribution is 2.24. The molecule has 2 aromatic rings. The Kier molecular flexibility index (Phi) is 3.02. The average molecular weight is 269 g/mol. The molecule has 0 unspecified atom stereocenters. The molecule has 1 N–H and O–H groups in total. The zero-order chi connectivity index (χ0) is 14.1. The third kappa shape index (κ3) is 1.97. The number of likely N-dealkylation sites (N-methyl/N-ethyl adjacent to an activating group) is 1. The molecule has 20 heavy (non-hydrogen) atoms. The van der Waals surface area contributed by atoms with Gasteiger partial charge in [-0.3, -0.25) is 9.59 Å². The predicted octanol–water partition coefficient (Wildman–Crippen LogP) is 1.18. The van der Waals surface area contributed by atoms with Crippen molar-refractivity contribution in [1.82, 2.24) is 14.8 Å². The van der Waals surface area contributed by atoms with Crippen molar-refractivity contribution in [2.24, 2.45) is 0 Å². The fourth-order valence-corrected chi connectivity index (χ4v) is 2.46. The summed E-state index contributed by atoms with van der Waals surface area (Å²) >= 11 is 0. The quantitative estimate of drug-likeness (QED) is 0.890. The van der Waals surface area contributed by atoms with Crippen LogP contribution in [0.3, 0.4) is 0 Å².